The molecular weight excluding hydrogens is 530 g/mol. The van der Waals surface area contributed by atoms with Gasteiger partial charge in [-0.2, -0.15) is 0 Å². The van der Waals surface area contributed by atoms with E-state index in [2.05, 4.69) is 10.6 Å². The first-order valence-corrected chi connectivity index (χ1v) is 14.2. The fourth-order valence-electron chi connectivity index (χ4n) is 4.77. The van der Waals surface area contributed by atoms with Crippen LogP contribution >= 0.6 is 0 Å². The summed E-state index contributed by atoms with van der Waals surface area (Å²) in [5.74, 6) is -0.710. The molecule has 2 atom stereocenters. The zero-order valence-corrected chi connectivity index (χ0v) is 25.8. The average molecular weight is 574 g/mol. The van der Waals surface area contributed by atoms with Gasteiger partial charge >= 0.3 is 6.09 Å². The van der Waals surface area contributed by atoms with E-state index in [9.17, 15) is 19.5 Å². The minimum atomic E-state index is -1.05. The van der Waals surface area contributed by atoms with Gasteiger partial charge in [-0.3, -0.25) is 9.59 Å². The molecule has 0 aliphatic heterocycles. The van der Waals surface area contributed by atoms with E-state index in [-0.39, 0.29) is 18.1 Å². The number of hydrogen-bond acceptors (Lipinski definition) is 5. The smallest absolute Gasteiger partial charge is 0.408 e. The third-order valence-electron chi connectivity index (χ3n) is 6.82. The molecule has 8 heteroatoms. The Kier molecular flexibility index (Phi) is 10.4. The van der Waals surface area contributed by atoms with E-state index in [0.29, 0.717) is 11.3 Å². The Morgan fingerprint density at radius 2 is 1.45 bits per heavy atom. The normalized spacial score (nSPS) is 12.8. The maximum Gasteiger partial charge on any atom is 0.408 e. The molecule has 3 amide bonds. The summed E-state index contributed by atoms with van der Waals surface area (Å²) in [5, 5.41) is 15.6. The van der Waals surface area contributed by atoms with E-state index in [0.717, 1.165) is 22.3 Å². The van der Waals surface area contributed by atoms with Crippen LogP contribution in [0, 0.1) is 20.8 Å². The number of carbonyl (C=O) groups excluding carboxylic acids is 3. The van der Waals surface area contributed by atoms with Crippen LogP contribution in [0.1, 0.15) is 68.5 Å². The van der Waals surface area contributed by atoms with Gasteiger partial charge in [-0.1, -0.05) is 60.2 Å². The maximum atomic E-state index is 14.5. The molecule has 0 aromatic heterocycles. The predicted octanol–water partition coefficient (Wildman–Crippen LogP) is 6.37. The second kappa shape index (κ2) is 13.6. The first-order chi connectivity index (χ1) is 19.7. The fourth-order valence-corrected chi connectivity index (χ4v) is 4.77. The monoisotopic (exact) mass is 573 g/mol. The predicted molar refractivity (Wildman–Crippen MR) is 165 cm³/mol. The number of nitrogens with one attached hydrogen (secondary N) is 2. The number of alkyl carbamates (subject to hydrolysis) is 1. The van der Waals surface area contributed by atoms with Crippen LogP contribution in [0.2, 0.25) is 0 Å². The van der Waals surface area contributed by atoms with Gasteiger partial charge in [-0.15, -0.1) is 0 Å². The lowest BCUT2D eigenvalue weighted by Gasteiger charge is -2.37. The highest BCUT2D eigenvalue weighted by Crippen LogP contribution is 2.29. The Morgan fingerprint density at radius 1 is 0.881 bits per heavy atom. The molecule has 3 aromatic carbocycles. The Labute approximate surface area is 249 Å². The molecule has 0 radical (unpaired) electrons. The van der Waals surface area contributed by atoms with Crippen molar-refractivity contribution in [3.63, 3.8) is 0 Å². The van der Waals surface area contributed by atoms with E-state index in [1.807, 2.05) is 77.1 Å². The minimum Gasteiger partial charge on any atom is -0.508 e. The first-order valence-electron chi connectivity index (χ1n) is 14.2. The first kappa shape index (κ1) is 32.2. The average Bonchev–Trinajstić information content (AvgIpc) is 2.89. The highest BCUT2D eigenvalue weighted by Gasteiger charge is 2.38. The van der Waals surface area contributed by atoms with Crippen molar-refractivity contribution in [2.45, 2.75) is 85.5 Å². The SMILES string of the molecule is Cc1ccc(C(C(=O)Nc2c(C)cccc2C)N(C(=O)C(Cc2ccc(O)cc2)NC(=O)OC(C)(C)C)C(C)C)cc1. The van der Waals surface area contributed by atoms with Crippen molar-refractivity contribution in [2.75, 3.05) is 5.32 Å². The molecule has 0 spiro atoms. The fraction of sp³-hybridized carbons (Fsp3) is 0.382. The van der Waals surface area contributed by atoms with Gasteiger partial charge in [0.15, 0.2) is 0 Å². The molecule has 3 rings (SSSR count). The van der Waals surface area contributed by atoms with E-state index < -0.39 is 35.7 Å². The number of benzene rings is 3. The number of carbonyl (C=O) groups is 3. The van der Waals surface area contributed by atoms with Crippen LogP contribution in [0.5, 0.6) is 5.75 Å². The van der Waals surface area contributed by atoms with Crippen molar-refractivity contribution in [3.05, 3.63) is 94.5 Å². The molecule has 2 unspecified atom stereocenters. The summed E-state index contributed by atoms with van der Waals surface area (Å²) in [4.78, 5) is 43.0. The van der Waals surface area contributed by atoms with E-state index in [4.69, 9.17) is 4.74 Å². The van der Waals surface area contributed by atoms with Gasteiger partial charge in [-0.25, -0.2) is 4.79 Å². The maximum absolute atomic E-state index is 14.5. The highest BCUT2D eigenvalue weighted by atomic mass is 16.6. The number of rotatable bonds is 9. The van der Waals surface area contributed by atoms with Crippen molar-refractivity contribution in [1.29, 1.82) is 0 Å². The molecule has 0 bridgehead atoms. The summed E-state index contributed by atoms with van der Waals surface area (Å²) in [7, 11) is 0. The standard InChI is InChI=1S/C34H43N3O5/c1-21(2)37(32(40)28(35-33(41)42-34(6,7)8)20-25-14-18-27(38)19-15-25)30(26-16-12-22(3)13-17-26)31(39)36-29-23(4)10-9-11-24(29)5/h9-19,21,28,30,38H,20H2,1-8H3,(H,35,41)(H,36,39). The summed E-state index contributed by atoms with van der Waals surface area (Å²) in [6.45, 7) is 14.7. The molecule has 3 N–H and O–H groups in total. The van der Waals surface area contributed by atoms with Gasteiger partial charge < -0.3 is 25.4 Å². The number of hydrogen-bond donors (Lipinski definition) is 3. The molecule has 0 saturated carbocycles. The summed E-state index contributed by atoms with van der Waals surface area (Å²) < 4.78 is 5.49. The zero-order chi connectivity index (χ0) is 31.2. The molecular formula is C34H43N3O5. The molecule has 0 fully saturated rings. The van der Waals surface area contributed by atoms with Gasteiger partial charge in [0.2, 0.25) is 5.91 Å². The summed E-state index contributed by atoms with van der Waals surface area (Å²) >= 11 is 0. The van der Waals surface area contributed by atoms with Crippen LogP contribution in [0.25, 0.3) is 0 Å². The van der Waals surface area contributed by atoms with Crippen molar-refractivity contribution in [2.24, 2.45) is 0 Å². The second-order valence-corrected chi connectivity index (χ2v) is 12.0. The summed E-state index contributed by atoms with van der Waals surface area (Å²) in [6.07, 6.45) is -0.615. The number of anilines is 1. The molecule has 8 nitrogen and oxygen atoms in total. The topological polar surface area (TPSA) is 108 Å². The third-order valence-corrected chi connectivity index (χ3v) is 6.82. The lowest BCUT2D eigenvalue weighted by molar-refractivity contribution is -0.142. The number of nitrogens with zero attached hydrogens (tertiary/aromatic N) is 1. The van der Waals surface area contributed by atoms with Crippen molar-refractivity contribution in [1.82, 2.24) is 10.2 Å². The summed E-state index contributed by atoms with van der Waals surface area (Å²) in [6, 6.07) is 17.3. The number of phenols is 1. The third kappa shape index (κ3) is 8.59. The van der Waals surface area contributed by atoms with Gasteiger partial charge in [0.05, 0.1) is 0 Å². The number of aromatic hydroxyl groups is 1. The van der Waals surface area contributed by atoms with Gasteiger partial charge in [-0.05, 0) is 89.8 Å². The molecule has 0 saturated heterocycles. The van der Waals surface area contributed by atoms with Crippen molar-refractivity contribution < 1.29 is 24.2 Å². The molecule has 224 valence electrons. The lowest BCUT2D eigenvalue weighted by atomic mass is 9.97. The van der Waals surface area contributed by atoms with E-state index in [1.165, 1.54) is 17.0 Å². The molecule has 0 heterocycles. The van der Waals surface area contributed by atoms with Gasteiger partial charge in [0.1, 0.15) is 23.4 Å². The molecule has 42 heavy (non-hydrogen) atoms. The Balaban J connectivity index is 2.07. The Hall–Kier alpha value is -4.33. The van der Waals surface area contributed by atoms with Gasteiger partial charge in [0, 0.05) is 18.2 Å². The van der Waals surface area contributed by atoms with Crippen LogP contribution in [0.3, 0.4) is 0 Å². The zero-order valence-electron chi connectivity index (χ0n) is 25.8. The highest BCUT2D eigenvalue weighted by molar-refractivity contribution is 6.00. The molecule has 0 aliphatic carbocycles. The quantitative estimate of drug-likeness (QED) is 0.276. The molecule has 0 aliphatic rings. The van der Waals surface area contributed by atoms with Crippen LogP contribution in [-0.2, 0) is 20.7 Å². The Bertz CT molecular complexity index is 1370. The Morgan fingerprint density at radius 3 is 1.98 bits per heavy atom. The number of ether oxygens (including phenoxy) is 1. The molecule has 3 aromatic rings. The number of phenolic OH excluding ortho intramolecular Hbond substituents is 1. The largest absolute Gasteiger partial charge is 0.508 e. The van der Waals surface area contributed by atoms with E-state index in [1.54, 1.807) is 32.9 Å². The lowest BCUT2D eigenvalue weighted by Crippen LogP contribution is -2.55. The number of amides is 3. The van der Waals surface area contributed by atoms with Gasteiger partial charge in [0.25, 0.3) is 5.91 Å². The number of aryl methyl sites for hydroxylation is 3. The van der Waals surface area contributed by atoms with Crippen molar-refractivity contribution >= 4 is 23.6 Å². The minimum absolute atomic E-state index is 0.0909. The summed E-state index contributed by atoms with van der Waals surface area (Å²) in [5.41, 5.74) is 4.12. The van der Waals surface area contributed by atoms with E-state index >= 15 is 0 Å². The second-order valence-electron chi connectivity index (χ2n) is 12.0. The number of para-hydroxylation sites is 1. The van der Waals surface area contributed by atoms with Crippen LogP contribution < -0.4 is 10.6 Å². The van der Waals surface area contributed by atoms with Crippen molar-refractivity contribution in [3.8, 4) is 5.75 Å². The van der Waals surface area contributed by atoms with Crippen LogP contribution in [0.15, 0.2) is 66.7 Å². The van der Waals surface area contributed by atoms with Crippen LogP contribution in [-0.4, -0.2) is 45.6 Å². The van der Waals surface area contributed by atoms with Crippen LogP contribution in [0.4, 0.5) is 10.5 Å².